The number of benzene rings is 7. The summed E-state index contributed by atoms with van der Waals surface area (Å²) < 4.78 is 40.0. The molecule has 0 spiro atoms. The van der Waals surface area contributed by atoms with Crippen molar-refractivity contribution in [2.45, 2.75) is 104 Å². The summed E-state index contributed by atoms with van der Waals surface area (Å²) in [5.74, 6) is -2.93. The van der Waals surface area contributed by atoms with Crippen LogP contribution in [0.4, 0.5) is 8.78 Å². The first-order valence-electron chi connectivity index (χ1n) is 33.9. The number of ether oxygens (including phenoxy) is 1. The van der Waals surface area contributed by atoms with Gasteiger partial charge >= 0.3 is 17.9 Å². The molecule has 0 saturated carbocycles. The van der Waals surface area contributed by atoms with Gasteiger partial charge in [0.25, 0.3) is 0 Å². The molecule has 0 bridgehead atoms. The first kappa shape index (κ1) is 70.9. The van der Waals surface area contributed by atoms with Gasteiger partial charge in [0.2, 0.25) is 5.88 Å². The zero-order valence-corrected chi connectivity index (χ0v) is 59.1. The summed E-state index contributed by atoms with van der Waals surface area (Å²) >= 11 is 0. The second-order valence-electron chi connectivity index (χ2n) is 28.2. The standard InChI is InChI=1S/C29H21FN4O2.C28H23FN4O2.C28H24N4O3/c1-29(2,9-10-31)27-26(17-3-5-18(6-4-17)28(35)36)23-12-20-15-33-16-21(20)13-25(23)34(27)22-7-8-24(30)19(11-22)14-32;1-16-10-24(32-15-22(16)29)33-23-12-20-14-31-13-19(20)11-21(23)25(26(33)28(2,3)8-9-30)17-4-6-18(7-5-17)27(34)35;1-28(2,9-10-29)26-25(17-4-6-18(7-5-17)27(33)34)22-12-19-15-30-16-20(19)13-23(22)32(26)21-8-11-31-24(14-21)35-3/h3-8,11-13,16H,9,15H2,1-2H3,(H,35,36);4-7,10-12,14-15H,8,13H2,1-3H3,(H,34,35);4-8,11-14,16H,9,15H2,1-3H3,(H,33,34). The van der Waals surface area contributed by atoms with Crippen LogP contribution in [0.5, 0.6) is 5.88 Å². The maximum Gasteiger partial charge on any atom is 0.335 e. The maximum atomic E-state index is 14.3. The molecule has 21 heteroatoms. The van der Waals surface area contributed by atoms with Crippen molar-refractivity contribution in [1.82, 2.24) is 23.7 Å². The van der Waals surface area contributed by atoms with Crippen LogP contribution in [0.2, 0.25) is 0 Å². The Morgan fingerprint density at radius 3 is 1.22 bits per heavy atom. The smallest absolute Gasteiger partial charge is 0.335 e. The molecule has 0 fully saturated rings. The molecule has 3 N–H and O–H groups in total. The third kappa shape index (κ3) is 13.0. The molecule has 106 heavy (non-hydrogen) atoms. The highest BCUT2D eigenvalue weighted by Crippen LogP contribution is 2.49. The van der Waals surface area contributed by atoms with E-state index in [1.807, 2.05) is 91.9 Å². The van der Waals surface area contributed by atoms with E-state index in [9.17, 15) is 59.5 Å². The molecule has 5 aromatic heterocycles. The van der Waals surface area contributed by atoms with Gasteiger partial charge in [-0.3, -0.25) is 19.5 Å². The van der Waals surface area contributed by atoms with Crippen molar-refractivity contribution in [3.05, 3.63) is 248 Å². The van der Waals surface area contributed by atoms with Gasteiger partial charge in [0.05, 0.1) is 95.6 Å². The Kier molecular flexibility index (Phi) is 18.8. The average Bonchev–Trinajstić information content (AvgIpc) is 1.58. The molecule has 0 atom stereocenters. The highest BCUT2D eigenvalue weighted by atomic mass is 19.1. The van der Waals surface area contributed by atoms with Crippen LogP contribution in [0.3, 0.4) is 0 Å². The lowest BCUT2D eigenvalue weighted by Gasteiger charge is -2.27. The van der Waals surface area contributed by atoms with Crippen LogP contribution in [0.25, 0.3) is 83.3 Å². The molecule has 0 amide bonds. The van der Waals surface area contributed by atoms with Crippen molar-refractivity contribution in [3.63, 3.8) is 0 Å². The van der Waals surface area contributed by atoms with Crippen LogP contribution in [-0.4, -0.2) is 82.7 Å². The molecule has 7 aromatic carbocycles. The number of hydrogen-bond acceptors (Lipinski definition) is 13. The van der Waals surface area contributed by atoms with Crippen molar-refractivity contribution < 1.29 is 43.2 Å². The number of aryl methyl sites for hydroxylation is 1. The quantitative estimate of drug-likeness (QED) is 0.0812. The van der Waals surface area contributed by atoms with E-state index >= 15 is 0 Å². The first-order valence-corrected chi connectivity index (χ1v) is 33.9. The van der Waals surface area contributed by atoms with Crippen molar-refractivity contribution in [2.24, 2.45) is 15.0 Å². The lowest BCUT2D eigenvalue weighted by atomic mass is 9.81. The van der Waals surface area contributed by atoms with Crippen molar-refractivity contribution in [2.75, 3.05) is 7.11 Å². The van der Waals surface area contributed by atoms with Gasteiger partial charge in [-0.15, -0.1) is 0 Å². The van der Waals surface area contributed by atoms with Gasteiger partial charge in [0.15, 0.2) is 0 Å². The number of pyridine rings is 2. The van der Waals surface area contributed by atoms with Gasteiger partial charge in [0, 0.05) is 122 Å². The first-order chi connectivity index (χ1) is 50.8. The molecule has 12 aromatic rings. The van der Waals surface area contributed by atoms with Gasteiger partial charge in [0.1, 0.15) is 23.5 Å². The Balaban J connectivity index is 0.000000141. The molecule has 0 saturated heterocycles. The van der Waals surface area contributed by atoms with Gasteiger partial charge in [-0.1, -0.05) is 77.9 Å². The average molecular weight is 1410 g/mol. The fourth-order valence-electron chi connectivity index (χ4n) is 14.5. The SMILES string of the molecule is CC(C)(CC#N)c1c(-c2ccc(C(=O)O)cc2)c2cc3c(cc2n1-c1ccc(F)c(C#N)c1)C=NC3.COc1cc(-n2c(C(C)(C)CC#N)c(-c3ccc(C(=O)O)cc3)c3cc4c(cc32)C=NC4)ccn1.Cc1cc(-n2c(C(C)(C)CC#N)c(-c3ccc(C(=O)O)cc3)c3cc4c(cc32)C=NC4)ncc1F. The Morgan fingerprint density at radius 2 is 0.858 bits per heavy atom. The number of aromatic carboxylic acids is 3. The number of rotatable bonds is 16. The largest absolute Gasteiger partial charge is 0.481 e. The van der Waals surface area contributed by atoms with Gasteiger partial charge in [-0.2, -0.15) is 21.0 Å². The summed E-state index contributed by atoms with van der Waals surface area (Å²) in [7, 11) is 1.58. The van der Waals surface area contributed by atoms with Crippen molar-refractivity contribution in [3.8, 4) is 80.7 Å². The van der Waals surface area contributed by atoms with E-state index in [1.54, 1.807) is 93.0 Å². The van der Waals surface area contributed by atoms with E-state index in [1.165, 1.54) is 18.3 Å². The number of fused-ring (bicyclic) bond motifs is 6. The van der Waals surface area contributed by atoms with Crippen molar-refractivity contribution >= 4 is 69.3 Å². The fourth-order valence-corrected chi connectivity index (χ4v) is 14.5. The third-order valence-corrected chi connectivity index (χ3v) is 19.7. The molecule has 8 heterocycles. The van der Waals surface area contributed by atoms with E-state index in [4.69, 9.17) is 4.74 Å². The Labute approximate surface area is 608 Å². The second-order valence-corrected chi connectivity index (χ2v) is 28.2. The Bertz CT molecular complexity index is 5930. The number of methoxy groups -OCH3 is 1. The van der Waals surface area contributed by atoms with E-state index in [-0.39, 0.29) is 40.9 Å². The minimum atomic E-state index is -1.01. The molecule has 19 nitrogen and oxygen atoms in total. The Hall–Kier alpha value is -13.5. The third-order valence-electron chi connectivity index (χ3n) is 19.7. The maximum absolute atomic E-state index is 14.3. The van der Waals surface area contributed by atoms with Crippen LogP contribution in [0.15, 0.2) is 173 Å². The van der Waals surface area contributed by atoms with E-state index in [0.717, 1.165) is 122 Å². The number of aromatic nitrogens is 5. The topological polar surface area (TPSA) is 294 Å². The number of halogens is 2. The van der Waals surface area contributed by atoms with Gasteiger partial charge in [-0.25, -0.2) is 33.1 Å². The summed E-state index contributed by atoms with van der Waals surface area (Å²) in [6.07, 6.45) is 9.22. The van der Waals surface area contributed by atoms with Gasteiger partial charge < -0.3 is 29.2 Å². The molecule has 15 rings (SSSR count). The van der Waals surface area contributed by atoms with Crippen LogP contribution < -0.4 is 4.74 Å². The molecular formula is C85H68F2N12O7. The van der Waals surface area contributed by atoms with Crippen LogP contribution >= 0.6 is 0 Å². The zero-order chi connectivity index (χ0) is 75.3. The van der Waals surface area contributed by atoms with Crippen LogP contribution in [-0.2, 0) is 35.9 Å². The minimum absolute atomic E-state index is 0.0755. The number of nitrogens with zero attached hydrogens (tertiary/aromatic N) is 12. The second kappa shape index (κ2) is 28.0. The van der Waals surface area contributed by atoms with Crippen LogP contribution in [0, 0.1) is 63.9 Å². The molecule has 3 aliphatic rings. The predicted molar refractivity (Wildman–Crippen MR) is 402 cm³/mol. The van der Waals surface area contributed by atoms with Gasteiger partial charge in [-0.05, 0) is 166 Å². The zero-order valence-electron chi connectivity index (χ0n) is 59.1. The summed E-state index contributed by atoms with van der Waals surface area (Å²) in [6.45, 7) is 15.5. The number of hydrogen-bond donors (Lipinski definition) is 3. The fraction of sp³-hybridized carbons (Fsp3) is 0.200. The monoisotopic (exact) mass is 1410 g/mol. The summed E-state index contributed by atoms with van der Waals surface area (Å²) in [4.78, 5) is 56.3. The summed E-state index contributed by atoms with van der Waals surface area (Å²) in [5, 5.41) is 69.6. The number of carboxylic acid groups (broad SMARTS) is 3. The lowest BCUT2D eigenvalue weighted by molar-refractivity contribution is 0.0686. The van der Waals surface area contributed by atoms with E-state index in [2.05, 4.69) is 91.9 Å². The molecule has 0 aliphatic carbocycles. The number of carbonyl (C=O) groups is 3. The number of carboxylic acids is 3. The molecule has 524 valence electrons. The van der Waals surface area contributed by atoms with Crippen LogP contribution in [0.1, 0.15) is 153 Å². The molecular weight excluding hydrogens is 1340 g/mol. The summed E-state index contributed by atoms with van der Waals surface area (Å²) in [5.41, 5.74) is 17.6. The molecule has 0 unspecified atom stereocenters. The molecule has 3 aliphatic heterocycles. The molecule has 0 radical (unpaired) electrons. The van der Waals surface area contributed by atoms with Crippen molar-refractivity contribution in [1.29, 1.82) is 21.0 Å². The minimum Gasteiger partial charge on any atom is -0.481 e. The number of nitriles is 4. The predicted octanol–water partition coefficient (Wildman–Crippen LogP) is 17.6. The highest BCUT2D eigenvalue weighted by molar-refractivity contribution is 6.07. The Morgan fingerprint density at radius 1 is 0.481 bits per heavy atom. The highest BCUT2D eigenvalue weighted by Gasteiger charge is 2.37. The summed E-state index contributed by atoms with van der Waals surface area (Å²) in [6, 6.07) is 51.7. The normalized spacial score (nSPS) is 12.5. The van der Waals surface area contributed by atoms with E-state index in [0.29, 0.717) is 49.0 Å². The van der Waals surface area contributed by atoms with E-state index < -0.39 is 40.0 Å². The number of aliphatic imine (C=N–C) groups is 3. The lowest BCUT2D eigenvalue weighted by Crippen LogP contribution is -2.22.